The van der Waals surface area contributed by atoms with Crippen LogP contribution in [0.25, 0.3) is 0 Å². The molecule has 14 heavy (non-hydrogen) atoms. The summed E-state index contributed by atoms with van der Waals surface area (Å²) in [6.45, 7) is 3.54. The molecule has 1 unspecified atom stereocenters. The molecule has 0 bridgehead atoms. The number of fused-ring (bicyclic) bond motifs is 1. The molecule has 0 radical (unpaired) electrons. The fourth-order valence-corrected chi connectivity index (χ4v) is 1.96. The number of hydrogen-bond donors (Lipinski definition) is 1. The van der Waals surface area contributed by atoms with Gasteiger partial charge in [0.05, 0.1) is 19.3 Å². The highest BCUT2D eigenvalue weighted by Crippen LogP contribution is 2.26. The summed E-state index contributed by atoms with van der Waals surface area (Å²) in [6, 6.07) is 6.41. The third-order valence-corrected chi connectivity index (χ3v) is 2.59. The minimum atomic E-state index is 0. The molecule has 0 aliphatic carbocycles. The summed E-state index contributed by atoms with van der Waals surface area (Å²) in [5.74, 6) is 0. The molecule has 0 amide bonds. The van der Waals surface area contributed by atoms with Crippen molar-refractivity contribution in [1.82, 2.24) is 0 Å². The van der Waals surface area contributed by atoms with E-state index < -0.39 is 0 Å². The van der Waals surface area contributed by atoms with Gasteiger partial charge in [-0.3, -0.25) is 0 Å². The lowest BCUT2D eigenvalue weighted by atomic mass is 9.93. The van der Waals surface area contributed by atoms with E-state index in [0.29, 0.717) is 6.61 Å². The minimum Gasteiger partial charge on any atom is -0.375 e. The van der Waals surface area contributed by atoms with Gasteiger partial charge in [-0.2, -0.15) is 0 Å². The van der Waals surface area contributed by atoms with Crippen molar-refractivity contribution in [1.29, 1.82) is 0 Å². The molecule has 0 fully saturated rings. The van der Waals surface area contributed by atoms with Crippen molar-refractivity contribution in [2.75, 3.05) is 6.61 Å². The maximum atomic E-state index is 6.00. The molecule has 3 heteroatoms. The van der Waals surface area contributed by atoms with E-state index in [1.54, 1.807) is 0 Å². The molecule has 1 aromatic rings. The second-order valence-corrected chi connectivity index (χ2v) is 3.47. The number of benzene rings is 1. The molecule has 1 aromatic carbocycles. The molecule has 0 saturated heterocycles. The maximum absolute atomic E-state index is 6.00. The van der Waals surface area contributed by atoms with E-state index in [9.17, 15) is 0 Å². The van der Waals surface area contributed by atoms with Crippen LogP contribution in [-0.4, -0.2) is 6.61 Å². The number of hydrogen-bond acceptors (Lipinski definition) is 2. The molecule has 2 N–H and O–H groups in total. The van der Waals surface area contributed by atoms with Crippen molar-refractivity contribution >= 4 is 12.4 Å². The van der Waals surface area contributed by atoms with Gasteiger partial charge in [0.15, 0.2) is 0 Å². The van der Waals surface area contributed by atoms with E-state index >= 15 is 0 Å². The van der Waals surface area contributed by atoms with Gasteiger partial charge in [0, 0.05) is 0 Å². The van der Waals surface area contributed by atoms with E-state index in [-0.39, 0.29) is 18.4 Å². The Hall–Kier alpha value is -0.570. The molecule has 1 atom stereocenters. The SMILES string of the molecule is CCc1cccc2c1C(N)COC2.Cl. The summed E-state index contributed by atoms with van der Waals surface area (Å²) in [5, 5.41) is 0. The zero-order chi connectivity index (χ0) is 9.26. The summed E-state index contributed by atoms with van der Waals surface area (Å²) in [6.07, 6.45) is 1.05. The molecule has 2 rings (SSSR count). The Labute approximate surface area is 90.9 Å². The van der Waals surface area contributed by atoms with E-state index in [2.05, 4.69) is 25.1 Å². The van der Waals surface area contributed by atoms with Crippen LogP contribution in [-0.2, 0) is 17.8 Å². The topological polar surface area (TPSA) is 35.2 Å². The van der Waals surface area contributed by atoms with Crippen molar-refractivity contribution in [3.05, 3.63) is 34.9 Å². The van der Waals surface area contributed by atoms with Crippen LogP contribution in [0.3, 0.4) is 0 Å². The zero-order valence-corrected chi connectivity index (χ0v) is 9.14. The average Bonchev–Trinajstić information content (AvgIpc) is 2.17. The first-order valence-corrected chi connectivity index (χ1v) is 4.77. The number of ether oxygens (including phenoxy) is 1. The zero-order valence-electron chi connectivity index (χ0n) is 8.32. The number of aryl methyl sites for hydroxylation is 1. The minimum absolute atomic E-state index is 0. The van der Waals surface area contributed by atoms with Crippen molar-refractivity contribution in [2.24, 2.45) is 5.73 Å². The Morgan fingerprint density at radius 3 is 3.00 bits per heavy atom. The summed E-state index contributed by atoms with van der Waals surface area (Å²) < 4.78 is 5.38. The highest BCUT2D eigenvalue weighted by molar-refractivity contribution is 5.85. The number of rotatable bonds is 1. The van der Waals surface area contributed by atoms with Crippen molar-refractivity contribution < 1.29 is 4.74 Å². The molecular weight excluding hydrogens is 198 g/mol. The molecule has 0 saturated carbocycles. The first-order valence-electron chi connectivity index (χ1n) is 4.77. The lowest BCUT2D eigenvalue weighted by Crippen LogP contribution is -2.24. The van der Waals surface area contributed by atoms with Crippen LogP contribution in [0.5, 0.6) is 0 Å². The van der Waals surface area contributed by atoms with Gasteiger partial charge in [0.25, 0.3) is 0 Å². The lowest BCUT2D eigenvalue weighted by Gasteiger charge is -2.25. The van der Waals surface area contributed by atoms with Crippen LogP contribution < -0.4 is 5.73 Å². The van der Waals surface area contributed by atoms with Gasteiger partial charge in [-0.15, -0.1) is 12.4 Å². The van der Waals surface area contributed by atoms with Gasteiger partial charge in [-0.1, -0.05) is 25.1 Å². The van der Waals surface area contributed by atoms with Gasteiger partial charge in [-0.05, 0) is 23.1 Å². The third kappa shape index (κ3) is 1.92. The quantitative estimate of drug-likeness (QED) is 0.777. The van der Waals surface area contributed by atoms with Crippen LogP contribution in [0.15, 0.2) is 18.2 Å². The van der Waals surface area contributed by atoms with E-state index in [4.69, 9.17) is 10.5 Å². The normalized spacial score (nSPS) is 19.7. The molecule has 0 aromatic heterocycles. The molecule has 0 spiro atoms. The average molecular weight is 214 g/mol. The van der Waals surface area contributed by atoms with Gasteiger partial charge in [-0.25, -0.2) is 0 Å². The van der Waals surface area contributed by atoms with Crippen molar-refractivity contribution in [3.8, 4) is 0 Å². The van der Waals surface area contributed by atoms with Crippen LogP contribution in [0.2, 0.25) is 0 Å². The first-order chi connectivity index (χ1) is 6.33. The summed E-state index contributed by atoms with van der Waals surface area (Å²) in [5.41, 5.74) is 9.94. The summed E-state index contributed by atoms with van der Waals surface area (Å²) in [4.78, 5) is 0. The molecule has 1 aliphatic heterocycles. The highest BCUT2D eigenvalue weighted by atomic mass is 35.5. The number of nitrogens with two attached hydrogens (primary N) is 1. The molecule has 1 aliphatic rings. The van der Waals surface area contributed by atoms with Crippen molar-refractivity contribution in [3.63, 3.8) is 0 Å². The lowest BCUT2D eigenvalue weighted by molar-refractivity contribution is 0.0920. The highest BCUT2D eigenvalue weighted by Gasteiger charge is 2.19. The smallest absolute Gasteiger partial charge is 0.0721 e. The van der Waals surface area contributed by atoms with Gasteiger partial charge in [0.2, 0.25) is 0 Å². The first kappa shape index (κ1) is 11.5. The van der Waals surface area contributed by atoms with Crippen LogP contribution >= 0.6 is 12.4 Å². The van der Waals surface area contributed by atoms with Crippen LogP contribution in [0.4, 0.5) is 0 Å². The van der Waals surface area contributed by atoms with Gasteiger partial charge >= 0.3 is 0 Å². The molecule has 1 heterocycles. The second-order valence-electron chi connectivity index (χ2n) is 3.47. The second kappa shape index (κ2) is 4.78. The maximum Gasteiger partial charge on any atom is 0.0721 e. The molecular formula is C11H16ClNO. The predicted octanol–water partition coefficient (Wildman–Crippen LogP) is 2.20. The largest absolute Gasteiger partial charge is 0.375 e. The monoisotopic (exact) mass is 213 g/mol. The van der Waals surface area contributed by atoms with Gasteiger partial charge < -0.3 is 10.5 Å². The fourth-order valence-electron chi connectivity index (χ4n) is 1.96. The standard InChI is InChI=1S/C11H15NO.ClH/c1-2-8-4-3-5-9-6-13-7-10(12)11(8)9;/h3-5,10H,2,6-7,12H2,1H3;1H. The van der Waals surface area contributed by atoms with Crippen LogP contribution in [0, 0.1) is 0 Å². The Morgan fingerprint density at radius 2 is 2.29 bits per heavy atom. The summed E-state index contributed by atoms with van der Waals surface area (Å²) in [7, 11) is 0. The summed E-state index contributed by atoms with van der Waals surface area (Å²) >= 11 is 0. The molecule has 2 nitrogen and oxygen atoms in total. The van der Waals surface area contributed by atoms with Crippen LogP contribution in [0.1, 0.15) is 29.7 Å². The van der Waals surface area contributed by atoms with Crippen molar-refractivity contribution in [2.45, 2.75) is 26.0 Å². The Kier molecular flexibility index (Phi) is 3.93. The van der Waals surface area contributed by atoms with E-state index in [0.717, 1.165) is 13.0 Å². The predicted molar refractivity (Wildman–Crippen MR) is 59.7 cm³/mol. The number of halogens is 1. The third-order valence-electron chi connectivity index (χ3n) is 2.59. The van der Waals surface area contributed by atoms with Gasteiger partial charge in [0.1, 0.15) is 0 Å². The molecule has 78 valence electrons. The Bertz CT molecular complexity index is 300. The Morgan fingerprint density at radius 1 is 1.50 bits per heavy atom. The van der Waals surface area contributed by atoms with E-state index in [1.807, 2.05) is 0 Å². The fraction of sp³-hybridized carbons (Fsp3) is 0.455. The Balaban J connectivity index is 0.000000980. The van der Waals surface area contributed by atoms with E-state index in [1.165, 1.54) is 16.7 Å².